The van der Waals surface area contributed by atoms with Crippen LogP contribution in [0.25, 0.3) is 10.8 Å². The number of hydrogen-bond donors (Lipinski definition) is 0. The van der Waals surface area contributed by atoms with Crippen molar-refractivity contribution in [3.63, 3.8) is 0 Å². The zero-order valence-electron chi connectivity index (χ0n) is 8.16. The van der Waals surface area contributed by atoms with E-state index in [-0.39, 0.29) is 5.97 Å². The monoisotopic (exact) mass is 220 g/mol. The molecular weight excluding hydrogens is 212 g/mol. The molecule has 0 bridgehead atoms. The lowest BCUT2D eigenvalue weighted by atomic mass is 10.0. The van der Waals surface area contributed by atoms with Crippen LogP contribution in [0.1, 0.15) is 10.4 Å². The predicted octanol–water partition coefficient (Wildman–Crippen LogP) is 3.28. The number of carbonyl (C=O) groups is 1. The van der Waals surface area contributed by atoms with Gasteiger partial charge in [0.05, 0.1) is 12.7 Å². The first-order chi connectivity index (χ1) is 7.22. The number of halogens is 1. The molecule has 0 aromatic heterocycles. The molecule has 2 nitrogen and oxygen atoms in total. The number of hydrogen-bond acceptors (Lipinski definition) is 2. The largest absolute Gasteiger partial charge is 0.465 e. The summed E-state index contributed by atoms with van der Waals surface area (Å²) in [5.41, 5.74) is 0.562. The Bertz CT molecular complexity index is 520. The summed E-state index contributed by atoms with van der Waals surface area (Å²) < 4.78 is 4.70. The fourth-order valence-corrected chi connectivity index (χ4v) is 1.72. The number of ether oxygens (including phenoxy) is 1. The van der Waals surface area contributed by atoms with Gasteiger partial charge in [0.2, 0.25) is 0 Å². The van der Waals surface area contributed by atoms with E-state index in [4.69, 9.17) is 16.3 Å². The van der Waals surface area contributed by atoms with Gasteiger partial charge in [0.25, 0.3) is 0 Å². The minimum absolute atomic E-state index is 0.331. The lowest BCUT2D eigenvalue weighted by molar-refractivity contribution is 0.0603. The Morgan fingerprint density at radius 1 is 1.27 bits per heavy atom. The predicted molar refractivity (Wildman–Crippen MR) is 60.3 cm³/mol. The summed E-state index contributed by atoms with van der Waals surface area (Å²) in [5, 5.41) is 2.45. The van der Waals surface area contributed by atoms with Crippen LogP contribution in [0, 0.1) is 0 Å². The zero-order chi connectivity index (χ0) is 10.8. The molecule has 0 amide bonds. The number of methoxy groups -OCH3 is 1. The average Bonchev–Trinajstić information content (AvgIpc) is 2.26. The first kappa shape index (κ1) is 9.99. The average molecular weight is 221 g/mol. The lowest BCUT2D eigenvalue weighted by Gasteiger charge is -2.04. The fourth-order valence-electron chi connectivity index (χ4n) is 1.54. The molecule has 0 aliphatic rings. The van der Waals surface area contributed by atoms with Gasteiger partial charge in [-0.25, -0.2) is 4.79 Å². The van der Waals surface area contributed by atoms with E-state index in [0.29, 0.717) is 10.6 Å². The Hall–Kier alpha value is -1.54. The van der Waals surface area contributed by atoms with Crippen LogP contribution in [0.15, 0.2) is 36.4 Å². The smallest absolute Gasteiger partial charge is 0.338 e. The van der Waals surface area contributed by atoms with Crippen molar-refractivity contribution in [2.45, 2.75) is 0 Å². The van der Waals surface area contributed by atoms with Gasteiger partial charge in [0, 0.05) is 5.02 Å². The molecule has 3 heteroatoms. The van der Waals surface area contributed by atoms with Gasteiger partial charge in [0.15, 0.2) is 0 Å². The second kappa shape index (κ2) is 3.91. The summed E-state index contributed by atoms with van der Waals surface area (Å²) in [6, 6.07) is 10.9. The molecule has 0 unspecified atom stereocenters. The van der Waals surface area contributed by atoms with Crippen LogP contribution >= 0.6 is 11.6 Å². The van der Waals surface area contributed by atoms with Crippen molar-refractivity contribution in [1.82, 2.24) is 0 Å². The van der Waals surface area contributed by atoms with Gasteiger partial charge in [0.1, 0.15) is 0 Å². The molecule has 15 heavy (non-hydrogen) atoms. The molecule has 0 N–H and O–H groups in total. The molecule has 2 aromatic carbocycles. The third-order valence-electron chi connectivity index (χ3n) is 2.25. The maximum absolute atomic E-state index is 11.5. The van der Waals surface area contributed by atoms with E-state index < -0.39 is 0 Å². The van der Waals surface area contributed by atoms with Crippen molar-refractivity contribution in [3.8, 4) is 0 Å². The van der Waals surface area contributed by atoms with Crippen LogP contribution in [0.4, 0.5) is 0 Å². The van der Waals surface area contributed by atoms with Crippen LogP contribution in [0.5, 0.6) is 0 Å². The minimum atomic E-state index is -0.331. The van der Waals surface area contributed by atoms with Gasteiger partial charge in [-0.1, -0.05) is 29.8 Å². The molecule has 0 aliphatic carbocycles. The number of benzene rings is 2. The molecular formula is C12H9ClO2. The van der Waals surface area contributed by atoms with Crippen LogP contribution in [-0.2, 0) is 4.74 Å². The highest BCUT2D eigenvalue weighted by Gasteiger charge is 2.09. The molecule has 0 aliphatic heterocycles. The Morgan fingerprint density at radius 3 is 2.80 bits per heavy atom. The summed E-state index contributed by atoms with van der Waals surface area (Å²) in [5.74, 6) is -0.331. The van der Waals surface area contributed by atoms with Gasteiger partial charge in [-0.05, 0) is 29.0 Å². The summed E-state index contributed by atoms with van der Waals surface area (Å²) >= 11 is 5.87. The van der Waals surface area contributed by atoms with Crippen molar-refractivity contribution >= 4 is 28.3 Å². The number of esters is 1. The zero-order valence-corrected chi connectivity index (χ0v) is 8.91. The van der Waals surface area contributed by atoms with E-state index in [1.807, 2.05) is 24.3 Å². The van der Waals surface area contributed by atoms with E-state index in [2.05, 4.69) is 0 Å². The Morgan fingerprint density at radius 2 is 2.07 bits per heavy atom. The first-order valence-electron chi connectivity index (χ1n) is 4.49. The molecule has 0 saturated carbocycles. The normalized spacial score (nSPS) is 10.3. The molecule has 0 radical (unpaired) electrons. The highest BCUT2D eigenvalue weighted by atomic mass is 35.5. The molecule has 0 saturated heterocycles. The fraction of sp³-hybridized carbons (Fsp3) is 0.0833. The van der Waals surface area contributed by atoms with Gasteiger partial charge in [-0.3, -0.25) is 0 Å². The second-order valence-electron chi connectivity index (χ2n) is 3.16. The van der Waals surface area contributed by atoms with Crippen LogP contribution < -0.4 is 0 Å². The second-order valence-corrected chi connectivity index (χ2v) is 3.60. The Balaban J connectivity index is 2.71. The molecule has 0 atom stereocenters. The van der Waals surface area contributed by atoms with E-state index in [1.165, 1.54) is 7.11 Å². The highest BCUT2D eigenvalue weighted by Crippen LogP contribution is 2.22. The van der Waals surface area contributed by atoms with Gasteiger partial charge in [-0.15, -0.1) is 0 Å². The molecule has 0 heterocycles. The van der Waals surface area contributed by atoms with Crippen molar-refractivity contribution in [2.75, 3.05) is 7.11 Å². The van der Waals surface area contributed by atoms with Crippen molar-refractivity contribution in [3.05, 3.63) is 47.0 Å². The SMILES string of the molecule is COC(=O)c1cccc2cc(Cl)ccc12. The van der Waals surface area contributed by atoms with Gasteiger partial charge in [-0.2, -0.15) is 0 Å². The van der Waals surface area contributed by atoms with Crippen LogP contribution in [-0.4, -0.2) is 13.1 Å². The molecule has 2 aromatic rings. The molecule has 0 spiro atoms. The number of fused-ring (bicyclic) bond motifs is 1. The summed E-state index contributed by atoms with van der Waals surface area (Å²) in [4.78, 5) is 11.5. The Kier molecular flexibility index (Phi) is 2.60. The topological polar surface area (TPSA) is 26.3 Å². The van der Waals surface area contributed by atoms with E-state index >= 15 is 0 Å². The molecule has 2 rings (SSSR count). The maximum Gasteiger partial charge on any atom is 0.338 e. The van der Waals surface area contributed by atoms with Gasteiger partial charge < -0.3 is 4.74 Å². The number of rotatable bonds is 1. The first-order valence-corrected chi connectivity index (χ1v) is 4.87. The lowest BCUT2D eigenvalue weighted by Crippen LogP contribution is -2.01. The summed E-state index contributed by atoms with van der Waals surface area (Å²) in [7, 11) is 1.37. The van der Waals surface area contributed by atoms with Crippen molar-refractivity contribution in [1.29, 1.82) is 0 Å². The summed E-state index contributed by atoms with van der Waals surface area (Å²) in [6.45, 7) is 0. The van der Waals surface area contributed by atoms with Crippen LogP contribution in [0.2, 0.25) is 5.02 Å². The van der Waals surface area contributed by atoms with E-state index in [1.54, 1.807) is 12.1 Å². The van der Waals surface area contributed by atoms with Crippen LogP contribution in [0.3, 0.4) is 0 Å². The molecule has 0 fully saturated rings. The van der Waals surface area contributed by atoms with E-state index in [0.717, 1.165) is 10.8 Å². The minimum Gasteiger partial charge on any atom is -0.465 e. The summed E-state index contributed by atoms with van der Waals surface area (Å²) in [6.07, 6.45) is 0. The van der Waals surface area contributed by atoms with Gasteiger partial charge >= 0.3 is 5.97 Å². The molecule has 76 valence electrons. The Labute approximate surface area is 92.4 Å². The standard InChI is InChI=1S/C12H9ClO2/c1-15-12(14)11-4-2-3-8-7-9(13)5-6-10(8)11/h2-7H,1H3. The van der Waals surface area contributed by atoms with Crippen molar-refractivity contribution in [2.24, 2.45) is 0 Å². The third-order valence-corrected chi connectivity index (χ3v) is 2.48. The maximum atomic E-state index is 11.5. The quantitative estimate of drug-likeness (QED) is 0.690. The number of carbonyl (C=O) groups excluding carboxylic acids is 1. The van der Waals surface area contributed by atoms with Crippen molar-refractivity contribution < 1.29 is 9.53 Å². The highest BCUT2D eigenvalue weighted by molar-refractivity contribution is 6.31. The third kappa shape index (κ3) is 1.81. The van der Waals surface area contributed by atoms with E-state index in [9.17, 15) is 4.79 Å².